The topological polar surface area (TPSA) is 67.9 Å². The molecule has 1 aromatic rings. The first-order chi connectivity index (χ1) is 12.0. The van der Waals surface area contributed by atoms with Crippen molar-refractivity contribution in [3.63, 3.8) is 0 Å². The van der Waals surface area contributed by atoms with Gasteiger partial charge in [0.15, 0.2) is 11.5 Å². The second-order valence-corrected chi connectivity index (χ2v) is 6.71. The van der Waals surface area contributed by atoms with E-state index in [9.17, 15) is 9.59 Å². The summed E-state index contributed by atoms with van der Waals surface area (Å²) in [6.07, 6.45) is 4.78. The molecule has 0 radical (unpaired) electrons. The Bertz CT molecular complexity index is 676. The number of amides is 2. The molecule has 0 saturated carbocycles. The number of carbonyl (C=O) groups excluding carboxylic acids is 2. The predicted molar refractivity (Wildman–Crippen MR) is 94.2 cm³/mol. The van der Waals surface area contributed by atoms with Crippen LogP contribution < -0.4 is 14.8 Å². The molecule has 0 unspecified atom stereocenters. The van der Waals surface area contributed by atoms with Crippen molar-refractivity contribution in [2.24, 2.45) is 5.92 Å². The lowest BCUT2D eigenvalue weighted by atomic mass is 9.95. The summed E-state index contributed by atoms with van der Waals surface area (Å²) in [6.45, 7) is 5.37. The van der Waals surface area contributed by atoms with Crippen LogP contribution in [0.1, 0.15) is 32.3 Å². The molecule has 0 atom stereocenters. The quantitative estimate of drug-likeness (QED) is 0.850. The summed E-state index contributed by atoms with van der Waals surface area (Å²) in [5.41, 5.74) is 0.892. The van der Waals surface area contributed by atoms with Crippen molar-refractivity contribution in [2.75, 3.05) is 19.9 Å². The first-order valence-electron chi connectivity index (χ1n) is 8.70. The maximum Gasteiger partial charge on any atom is 0.246 e. The third kappa shape index (κ3) is 4.32. The fourth-order valence-electron chi connectivity index (χ4n) is 3.05. The van der Waals surface area contributed by atoms with Gasteiger partial charge in [0, 0.05) is 31.1 Å². The number of fused-ring (bicyclic) bond motifs is 1. The van der Waals surface area contributed by atoms with E-state index in [1.807, 2.05) is 32.0 Å². The second kappa shape index (κ2) is 7.59. The number of hydrogen-bond acceptors (Lipinski definition) is 4. The summed E-state index contributed by atoms with van der Waals surface area (Å²) >= 11 is 0. The van der Waals surface area contributed by atoms with Crippen molar-refractivity contribution in [3.05, 3.63) is 29.8 Å². The van der Waals surface area contributed by atoms with Gasteiger partial charge in [0.2, 0.25) is 18.6 Å². The van der Waals surface area contributed by atoms with Gasteiger partial charge in [-0.2, -0.15) is 0 Å². The summed E-state index contributed by atoms with van der Waals surface area (Å²) in [5.74, 6) is 1.50. The van der Waals surface area contributed by atoms with Gasteiger partial charge in [-0.1, -0.05) is 6.07 Å². The molecule has 0 spiro atoms. The van der Waals surface area contributed by atoms with Crippen LogP contribution >= 0.6 is 0 Å². The highest BCUT2D eigenvalue weighted by molar-refractivity contribution is 5.92. The Hall–Kier alpha value is -2.50. The molecule has 1 saturated heterocycles. The monoisotopic (exact) mass is 344 g/mol. The van der Waals surface area contributed by atoms with E-state index in [2.05, 4.69) is 5.32 Å². The molecule has 2 amide bonds. The fourth-order valence-corrected chi connectivity index (χ4v) is 3.05. The van der Waals surface area contributed by atoms with E-state index >= 15 is 0 Å². The van der Waals surface area contributed by atoms with Crippen LogP contribution in [0.3, 0.4) is 0 Å². The molecule has 6 nitrogen and oxygen atoms in total. The highest BCUT2D eigenvalue weighted by atomic mass is 16.7. The Morgan fingerprint density at radius 2 is 1.92 bits per heavy atom. The van der Waals surface area contributed by atoms with Gasteiger partial charge in [0.05, 0.1) is 0 Å². The Morgan fingerprint density at radius 3 is 2.64 bits per heavy atom. The van der Waals surface area contributed by atoms with Crippen LogP contribution in [0.15, 0.2) is 24.3 Å². The summed E-state index contributed by atoms with van der Waals surface area (Å²) < 4.78 is 10.6. The molecule has 2 aliphatic heterocycles. The zero-order chi connectivity index (χ0) is 17.8. The highest BCUT2D eigenvalue weighted by Gasteiger charge is 2.26. The number of rotatable bonds is 4. The normalized spacial score (nSPS) is 17.3. The number of nitrogens with zero attached hydrogens (tertiary/aromatic N) is 1. The van der Waals surface area contributed by atoms with Crippen LogP contribution in [0.5, 0.6) is 11.5 Å². The van der Waals surface area contributed by atoms with Crippen molar-refractivity contribution < 1.29 is 19.1 Å². The Kier molecular flexibility index (Phi) is 5.26. The van der Waals surface area contributed by atoms with Crippen molar-refractivity contribution in [1.82, 2.24) is 10.2 Å². The molecule has 1 N–H and O–H groups in total. The largest absolute Gasteiger partial charge is 0.454 e. The van der Waals surface area contributed by atoms with Crippen LogP contribution in [-0.2, 0) is 9.59 Å². The van der Waals surface area contributed by atoms with Crippen molar-refractivity contribution in [1.29, 1.82) is 0 Å². The molecular formula is C19H24N2O4. The van der Waals surface area contributed by atoms with Gasteiger partial charge < -0.3 is 19.7 Å². The molecule has 1 aromatic carbocycles. The van der Waals surface area contributed by atoms with E-state index < -0.39 is 0 Å². The number of nitrogens with one attached hydrogen (secondary N) is 1. The predicted octanol–water partition coefficient (Wildman–Crippen LogP) is 2.19. The maximum absolute atomic E-state index is 12.3. The van der Waals surface area contributed by atoms with Gasteiger partial charge in [-0.05, 0) is 50.5 Å². The first kappa shape index (κ1) is 17.3. The lowest BCUT2D eigenvalue weighted by Crippen LogP contribution is -2.43. The van der Waals surface area contributed by atoms with E-state index in [4.69, 9.17) is 9.47 Å². The average Bonchev–Trinajstić information content (AvgIpc) is 3.07. The van der Waals surface area contributed by atoms with Crippen molar-refractivity contribution in [3.8, 4) is 11.5 Å². The fraction of sp³-hybridized carbons (Fsp3) is 0.474. The molecule has 6 heteroatoms. The Labute approximate surface area is 147 Å². The van der Waals surface area contributed by atoms with Gasteiger partial charge in [-0.3, -0.25) is 9.59 Å². The molecule has 134 valence electrons. The van der Waals surface area contributed by atoms with Crippen LogP contribution in [-0.4, -0.2) is 42.6 Å². The third-order valence-corrected chi connectivity index (χ3v) is 4.42. The zero-order valence-corrected chi connectivity index (χ0v) is 14.7. The van der Waals surface area contributed by atoms with E-state index in [-0.39, 0.29) is 30.6 Å². The molecule has 0 aromatic heterocycles. The standard InChI is InChI=1S/C19H24N2O4/c1-13(2)20-19(23)15-7-9-21(10-8-15)18(22)6-4-14-3-5-16-17(11-14)25-12-24-16/h3-6,11,13,15H,7-10,12H2,1-2H3,(H,20,23)/b6-4+. The van der Waals surface area contributed by atoms with Crippen LogP contribution in [0.25, 0.3) is 6.08 Å². The van der Waals surface area contributed by atoms with E-state index in [0.717, 1.165) is 11.3 Å². The van der Waals surface area contributed by atoms with Crippen LogP contribution in [0, 0.1) is 5.92 Å². The highest BCUT2D eigenvalue weighted by Crippen LogP contribution is 2.32. The molecular weight excluding hydrogens is 320 g/mol. The summed E-state index contributed by atoms with van der Waals surface area (Å²) in [6, 6.07) is 5.73. The third-order valence-electron chi connectivity index (χ3n) is 4.42. The number of carbonyl (C=O) groups is 2. The molecule has 0 aliphatic carbocycles. The van der Waals surface area contributed by atoms with Crippen molar-refractivity contribution >= 4 is 17.9 Å². The number of likely N-dealkylation sites (tertiary alicyclic amines) is 1. The van der Waals surface area contributed by atoms with Gasteiger partial charge in [0.25, 0.3) is 0 Å². The Balaban J connectivity index is 1.52. The second-order valence-electron chi connectivity index (χ2n) is 6.71. The van der Waals surface area contributed by atoms with Crippen LogP contribution in [0.4, 0.5) is 0 Å². The summed E-state index contributed by atoms with van der Waals surface area (Å²) in [4.78, 5) is 26.2. The van der Waals surface area contributed by atoms with Gasteiger partial charge >= 0.3 is 0 Å². The number of benzene rings is 1. The van der Waals surface area contributed by atoms with Crippen LogP contribution in [0.2, 0.25) is 0 Å². The lowest BCUT2D eigenvalue weighted by Gasteiger charge is -2.31. The minimum absolute atomic E-state index is 0.00397. The van der Waals surface area contributed by atoms with E-state index in [1.165, 1.54) is 0 Å². The summed E-state index contributed by atoms with van der Waals surface area (Å²) in [5, 5.41) is 2.95. The minimum Gasteiger partial charge on any atom is -0.454 e. The van der Waals surface area contributed by atoms with Gasteiger partial charge in [-0.15, -0.1) is 0 Å². The maximum atomic E-state index is 12.3. The molecule has 3 rings (SSSR count). The zero-order valence-electron chi connectivity index (χ0n) is 14.7. The molecule has 25 heavy (non-hydrogen) atoms. The van der Waals surface area contributed by atoms with Gasteiger partial charge in [-0.25, -0.2) is 0 Å². The van der Waals surface area contributed by atoms with E-state index in [1.54, 1.807) is 17.1 Å². The van der Waals surface area contributed by atoms with E-state index in [0.29, 0.717) is 31.7 Å². The molecule has 0 bridgehead atoms. The molecule has 2 aliphatic rings. The van der Waals surface area contributed by atoms with Crippen molar-refractivity contribution in [2.45, 2.75) is 32.7 Å². The summed E-state index contributed by atoms with van der Waals surface area (Å²) in [7, 11) is 0. The first-order valence-corrected chi connectivity index (χ1v) is 8.70. The molecule has 1 fully saturated rings. The number of hydrogen-bond donors (Lipinski definition) is 1. The Morgan fingerprint density at radius 1 is 1.20 bits per heavy atom. The smallest absolute Gasteiger partial charge is 0.246 e. The average molecular weight is 344 g/mol. The number of piperidine rings is 1. The number of ether oxygens (including phenoxy) is 2. The SMILES string of the molecule is CC(C)NC(=O)C1CCN(C(=O)/C=C/c2ccc3c(c2)OCO3)CC1. The van der Waals surface area contributed by atoms with Gasteiger partial charge in [0.1, 0.15) is 0 Å². The lowest BCUT2D eigenvalue weighted by molar-refractivity contribution is -0.132. The minimum atomic E-state index is -0.0274. The molecule has 2 heterocycles.